The third-order valence-electron chi connectivity index (χ3n) is 4.71. The van der Waals surface area contributed by atoms with Crippen molar-refractivity contribution in [3.8, 4) is 0 Å². The van der Waals surface area contributed by atoms with E-state index in [1.807, 2.05) is 6.20 Å². The van der Waals surface area contributed by atoms with Crippen molar-refractivity contribution in [1.82, 2.24) is 15.6 Å². The molecule has 5 nitrogen and oxygen atoms in total. The summed E-state index contributed by atoms with van der Waals surface area (Å²) >= 11 is 1.68. The molecule has 1 aliphatic carbocycles. The maximum Gasteiger partial charge on any atom is 0.315 e. The van der Waals surface area contributed by atoms with Gasteiger partial charge in [-0.1, -0.05) is 0 Å². The zero-order valence-electron chi connectivity index (χ0n) is 12.2. The molecule has 21 heavy (non-hydrogen) atoms. The highest BCUT2D eigenvalue weighted by Crippen LogP contribution is 2.42. The summed E-state index contributed by atoms with van der Waals surface area (Å²) in [6.07, 6.45) is 8.02. The van der Waals surface area contributed by atoms with Gasteiger partial charge in [0, 0.05) is 11.1 Å². The van der Waals surface area contributed by atoms with Gasteiger partial charge in [-0.2, -0.15) is 0 Å². The molecule has 2 N–H and O–H groups in total. The number of amides is 2. The second-order valence-electron chi connectivity index (χ2n) is 6.46. The van der Waals surface area contributed by atoms with Crippen LogP contribution in [0.4, 0.5) is 4.79 Å². The molecule has 0 aromatic carbocycles. The summed E-state index contributed by atoms with van der Waals surface area (Å²) in [6.45, 7) is 2.05. The largest absolute Gasteiger partial charge is 0.373 e. The molecule has 1 saturated carbocycles. The van der Waals surface area contributed by atoms with Crippen molar-refractivity contribution < 1.29 is 9.53 Å². The van der Waals surface area contributed by atoms with Crippen LogP contribution in [0.3, 0.4) is 0 Å². The Kier molecular flexibility index (Phi) is 3.38. The Labute approximate surface area is 128 Å². The number of urea groups is 1. The molecule has 1 aromatic heterocycles. The molecule has 2 saturated heterocycles. The second kappa shape index (κ2) is 5.25. The summed E-state index contributed by atoms with van der Waals surface area (Å²) < 4.78 is 5.79. The summed E-state index contributed by atoms with van der Waals surface area (Å²) in [5.74, 6) is 0.553. The standard InChI is InChI=1S/C15H21N3O2S/c1-8-7-16-14(21-8)13(9-2-3-9)18-15(19)17-11-6-10-4-5-12(11)20-10/h7,9-13H,2-6H2,1H3,(H2,17,18,19)/t10-,11-,12-,13+/m1/s1. The first-order valence-electron chi connectivity index (χ1n) is 7.84. The lowest BCUT2D eigenvalue weighted by Gasteiger charge is -2.22. The molecule has 6 heteroatoms. The fraction of sp³-hybridized carbons (Fsp3) is 0.733. The molecule has 0 unspecified atom stereocenters. The smallest absolute Gasteiger partial charge is 0.315 e. The average molecular weight is 307 g/mol. The van der Waals surface area contributed by atoms with E-state index in [9.17, 15) is 4.79 Å². The number of thiazole rings is 1. The summed E-state index contributed by atoms with van der Waals surface area (Å²) in [7, 11) is 0. The molecule has 0 spiro atoms. The lowest BCUT2D eigenvalue weighted by Crippen LogP contribution is -2.47. The van der Waals surface area contributed by atoms with E-state index in [1.54, 1.807) is 11.3 Å². The van der Waals surface area contributed by atoms with Crippen molar-refractivity contribution in [2.45, 2.75) is 63.3 Å². The monoisotopic (exact) mass is 307 g/mol. The zero-order chi connectivity index (χ0) is 14.4. The predicted molar refractivity (Wildman–Crippen MR) is 80.3 cm³/mol. The molecule has 2 amide bonds. The summed E-state index contributed by atoms with van der Waals surface area (Å²) in [6, 6.07) is 0.186. The number of fused-ring (bicyclic) bond motifs is 2. The molecule has 2 bridgehead atoms. The van der Waals surface area contributed by atoms with E-state index in [-0.39, 0.29) is 24.2 Å². The molecule has 3 fully saturated rings. The second-order valence-corrected chi connectivity index (χ2v) is 7.72. The molecule has 2 aliphatic heterocycles. The minimum Gasteiger partial charge on any atom is -0.373 e. The number of hydrogen-bond acceptors (Lipinski definition) is 4. The fourth-order valence-corrected chi connectivity index (χ4v) is 4.39. The predicted octanol–water partition coefficient (Wildman–Crippen LogP) is 2.52. The maximum absolute atomic E-state index is 12.3. The summed E-state index contributed by atoms with van der Waals surface area (Å²) in [5.41, 5.74) is 0. The normalized spacial score (nSPS) is 32.1. The average Bonchev–Trinajstić information content (AvgIpc) is 2.87. The van der Waals surface area contributed by atoms with Crippen LogP contribution in [0, 0.1) is 12.8 Å². The molecule has 4 rings (SSSR count). The van der Waals surface area contributed by atoms with E-state index < -0.39 is 0 Å². The van der Waals surface area contributed by atoms with Crippen molar-refractivity contribution in [3.05, 3.63) is 16.1 Å². The Morgan fingerprint density at radius 2 is 2.29 bits per heavy atom. The highest BCUT2D eigenvalue weighted by Gasteiger charge is 2.42. The molecule has 0 radical (unpaired) electrons. The van der Waals surface area contributed by atoms with Gasteiger partial charge >= 0.3 is 6.03 Å². The third-order valence-corrected chi connectivity index (χ3v) is 5.70. The summed E-state index contributed by atoms with van der Waals surface area (Å²) in [5, 5.41) is 7.28. The highest BCUT2D eigenvalue weighted by molar-refractivity contribution is 7.11. The number of aryl methyl sites for hydroxylation is 1. The molecule has 114 valence electrons. The Balaban J connectivity index is 1.38. The number of carbonyl (C=O) groups is 1. The van der Waals surface area contributed by atoms with Crippen LogP contribution >= 0.6 is 11.3 Å². The van der Waals surface area contributed by atoms with Gasteiger partial charge < -0.3 is 15.4 Å². The van der Waals surface area contributed by atoms with Gasteiger partial charge in [-0.05, 0) is 44.9 Å². The molecule has 1 aromatic rings. The first kappa shape index (κ1) is 13.5. The quantitative estimate of drug-likeness (QED) is 0.898. The lowest BCUT2D eigenvalue weighted by atomic mass is 9.96. The third kappa shape index (κ3) is 2.79. The Morgan fingerprint density at radius 3 is 2.86 bits per heavy atom. The van der Waals surface area contributed by atoms with Crippen LogP contribution in [0.2, 0.25) is 0 Å². The van der Waals surface area contributed by atoms with Crippen LogP contribution in [0.25, 0.3) is 0 Å². The molecular formula is C15H21N3O2S. The molecular weight excluding hydrogens is 286 g/mol. The van der Waals surface area contributed by atoms with Crippen LogP contribution in [-0.4, -0.2) is 29.3 Å². The first-order chi connectivity index (χ1) is 10.2. The van der Waals surface area contributed by atoms with Gasteiger partial charge in [0.15, 0.2) is 0 Å². The van der Waals surface area contributed by atoms with Gasteiger partial charge in [0.05, 0.1) is 24.3 Å². The number of nitrogens with zero attached hydrogens (tertiary/aromatic N) is 1. The van der Waals surface area contributed by atoms with Gasteiger partial charge in [-0.15, -0.1) is 11.3 Å². The van der Waals surface area contributed by atoms with Crippen molar-refractivity contribution in [2.24, 2.45) is 5.92 Å². The summed E-state index contributed by atoms with van der Waals surface area (Å²) in [4.78, 5) is 17.9. The number of hydrogen-bond donors (Lipinski definition) is 2. The Bertz CT molecular complexity index is 543. The van der Waals surface area contributed by atoms with Crippen LogP contribution in [-0.2, 0) is 4.74 Å². The Hall–Kier alpha value is -1.14. The van der Waals surface area contributed by atoms with Gasteiger partial charge in [0.2, 0.25) is 0 Å². The maximum atomic E-state index is 12.3. The van der Waals surface area contributed by atoms with E-state index >= 15 is 0 Å². The van der Waals surface area contributed by atoms with Crippen molar-refractivity contribution in [3.63, 3.8) is 0 Å². The highest BCUT2D eigenvalue weighted by atomic mass is 32.1. The minimum absolute atomic E-state index is 0.0686. The number of carbonyl (C=O) groups excluding carboxylic acids is 1. The van der Waals surface area contributed by atoms with Gasteiger partial charge in [0.1, 0.15) is 5.01 Å². The molecule has 3 heterocycles. The Morgan fingerprint density at radius 1 is 1.43 bits per heavy atom. The molecule has 3 aliphatic rings. The topological polar surface area (TPSA) is 63.2 Å². The van der Waals surface area contributed by atoms with Gasteiger partial charge in [-0.3, -0.25) is 0 Å². The van der Waals surface area contributed by atoms with Gasteiger partial charge in [0.25, 0.3) is 0 Å². The van der Waals surface area contributed by atoms with Crippen LogP contribution in [0.5, 0.6) is 0 Å². The number of aromatic nitrogens is 1. The molecule has 4 atom stereocenters. The number of rotatable bonds is 4. The van der Waals surface area contributed by atoms with Crippen LogP contribution in [0.1, 0.15) is 48.0 Å². The lowest BCUT2D eigenvalue weighted by molar-refractivity contribution is 0.0980. The van der Waals surface area contributed by atoms with E-state index in [2.05, 4.69) is 22.5 Å². The fourth-order valence-electron chi connectivity index (χ4n) is 3.47. The van der Waals surface area contributed by atoms with Crippen molar-refractivity contribution in [2.75, 3.05) is 0 Å². The van der Waals surface area contributed by atoms with Crippen LogP contribution < -0.4 is 10.6 Å². The zero-order valence-corrected chi connectivity index (χ0v) is 13.0. The van der Waals surface area contributed by atoms with Crippen molar-refractivity contribution in [1.29, 1.82) is 0 Å². The van der Waals surface area contributed by atoms with E-state index in [1.165, 1.54) is 17.7 Å². The number of ether oxygens (including phenoxy) is 1. The van der Waals surface area contributed by atoms with E-state index in [0.29, 0.717) is 12.0 Å². The minimum atomic E-state index is -0.0686. The van der Waals surface area contributed by atoms with Crippen LogP contribution in [0.15, 0.2) is 6.20 Å². The SMILES string of the molecule is Cc1cnc([C@@H](NC(=O)N[C@@H]2C[C@H]3CC[C@H]2O3)C2CC2)s1. The number of nitrogens with one attached hydrogen (secondary N) is 2. The van der Waals surface area contributed by atoms with Crippen molar-refractivity contribution >= 4 is 17.4 Å². The van der Waals surface area contributed by atoms with Gasteiger partial charge in [-0.25, -0.2) is 9.78 Å². The van der Waals surface area contributed by atoms with E-state index in [4.69, 9.17) is 4.74 Å². The first-order valence-corrected chi connectivity index (χ1v) is 8.65. The van der Waals surface area contributed by atoms with E-state index in [0.717, 1.165) is 24.3 Å².